The highest BCUT2D eigenvalue weighted by atomic mass is 16.7. The van der Waals surface area contributed by atoms with Gasteiger partial charge in [-0.3, -0.25) is 4.79 Å². The number of carbonyl (C=O) groups is 1. The van der Waals surface area contributed by atoms with E-state index in [1.54, 1.807) is 6.92 Å². The van der Waals surface area contributed by atoms with Crippen molar-refractivity contribution in [3.63, 3.8) is 0 Å². The molecule has 4 saturated carbocycles. The lowest BCUT2D eigenvalue weighted by Gasteiger charge is -2.73. The van der Waals surface area contributed by atoms with Crippen LogP contribution in [0.25, 0.3) is 0 Å². The summed E-state index contributed by atoms with van der Waals surface area (Å²) in [5.74, 6) is -0.331. The summed E-state index contributed by atoms with van der Waals surface area (Å²) in [5, 5.41) is 78.0. The summed E-state index contributed by atoms with van der Waals surface area (Å²) >= 11 is 0. The minimum atomic E-state index is -1.75. The molecule has 0 radical (unpaired) electrons. The predicted molar refractivity (Wildman–Crippen MR) is 206 cm³/mol. The summed E-state index contributed by atoms with van der Waals surface area (Å²) < 4.78 is 36.6. The minimum absolute atomic E-state index is 0.0264. The van der Waals surface area contributed by atoms with Gasteiger partial charge in [-0.15, -0.1) is 0 Å². The Morgan fingerprint density at radius 3 is 2.17 bits per heavy atom. The van der Waals surface area contributed by atoms with E-state index < -0.39 is 97.2 Å². The number of hydrogen-bond donors (Lipinski definition) is 7. The Labute approximate surface area is 342 Å². The quantitative estimate of drug-likeness (QED) is 0.112. The molecule has 8 aliphatic rings. The summed E-state index contributed by atoms with van der Waals surface area (Å²) in [4.78, 5) is 11.6. The lowest BCUT2D eigenvalue weighted by molar-refractivity contribution is -0.367. The van der Waals surface area contributed by atoms with Crippen molar-refractivity contribution in [3.8, 4) is 0 Å². The molecule has 7 N–H and O–H groups in total. The van der Waals surface area contributed by atoms with Gasteiger partial charge in [0.1, 0.15) is 36.6 Å². The highest BCUT2D eigenvalue weighted by molar-refractivity contribution is 5.66. The third-order valence-corrected chi connectivity index (χ3v) is 18.2. The third-order valence-electron chi connectivity index (χ3n) is 18.2. The first-order valence-corrected chi connectivity index (χ1v) is 21.8. The number of ether oxygens (including phenoxy) is 6. The molecular formula is C44H70O14. The third kappa shape index (κ3) is 5.89. The molecule has 0 aromatic heterocycles. The summed E-state index contributed by atoms with van der Waals surface area (Å²) in [6.07, 6.45) is -3.51. The van der Waals surface area contributed by atoms with Crippen LogP contribution < -0.4 is 0 Å². The molecule has 2 bridgehead atoms. The summed E-state index contributed by atoms with van der Waals surface area (Å²) in [7, 11) is 0. The van der Waals surface area contributed by atoms with E-state index >= 15 is 0 Å². The average Bonchev–Trinajstić information content (AvgIpc) is 3.44. The summed E-state index contributed by atoms with van der Waals surface area (Å²) in [6.45, 7) is 16.5. The second-order valence-electron chi connectivity index (χ2n) is 21.5. The Bertz CT molecular complexity index is 1610. The normalized spacial score (nSPS) is 57.1. The fourth-order valence-electron chi connectivity index (χ4n) is 14.6. The van der Waals surface area contributed by atoms with Crippen LogP contribution in [0.1, 0.15) is 107 Å². The zero-order chi connectivity index (χ0) is 42.2. The molecule has 0 aromatic rings. The first-order chi connectivity index (χ1) is 27.1. The minimum Gasteiger partial charge on any atom is -0.457 e. The standard InChI is InChI=1S/C44H70O14/c1-22-30(49)35(58-36-32(51)31(50)34(55-23(2)47)24(19-45)56-36)33(52)37(54-22)57-29-11-12-39(5)25(40(29,6)20-46)9-13-41(7)26(39)10-14-44-27-17-38(3,4)15-16-43(27,21-53-44)28(48)18-42(41,44)8/h10,14,22,24-37,45-46,48-52H,9,11-13,15-21H2,1-8H3/t22-,24-,25-,26-,27-,28-,29+,30+,31-,32-,33-,34-,35+,36+,37+,39+,40+,41-,42+,43-,44+/m1/s1. The van der Waals surface area contributed by atoms with Crippen molar-refractivity contribution in [3.05, 3.63) is 12.2 Å². The molecular weight excluding hydrogens is 752 g/mol. The highest BCUT2D eigenvalue weighted by Crippen LogP contribution is 2.79. The van der Waals surface area contributed by atoms with Gasteiger partial charge in [0, 0.05) is 29.1 Å². The van der Waals surface area contributed by atoms with Gasteiger partial charge in [-0.05, 0) is 86.4 Å². The molecule has 1 spiro atoms. The lowest BCUT2D eigenvalue weighted by Crippen LogP contribution is -2.72. The van der Waals surface area contributed by atoms with E-state index in [9.17, 15) is 40.5 Å². The van der Waals surface area contributed by atoms with Crippen molar-refractivity contribution in [2.75, 3.05) is 19.8 Å². The number of rotatable bonds is 7. The van der Waals surface area contributed by atoms with Crippen LogP contribution in [0.4, 0.5) is 0 Å². The zero-order valence-corrected chi connectivity index (χ0v) is 35.6. The summed E-state index contributed by atoms with van der Waals surface area (Å²) in [6, 6.07) is 0. The maximum atomic E-state index is 12.2. The molecule has 0 aromatic carbocycles. The Morgan fingerprint density at radius 2 is 1.50 bits per heavy atom. The molecule has 330 valence electrons. The Kier molecular flexibility index (Phi) is 10.8. The van der Waals surface area contributed by atoms with Crippen molar-refractivity contribution in [2.45, 2.75) is 186 Å². The second kappa shape index (κ2) is 14.4. The average molecular weight is 823 g/mol. The molecule has 3 aliphatic heterocycles. The number of allylic oxidation sites excluding steroid dienone is 1. The molecule has 7 fully saturated rings. The highest BCUT2D eigenvalue weighted by Gasteiger charge is 2.79. The van der Waals surface area contributed by atoms with Gasteiger partial charge in [-0.1, -0.05) is 53.7 Å². The van der Waals surface area contributed by atoms with E-state index in [0.717, 1.165) is 45.4 Å². The largest absolute Gasteiger partial charge is 0.457 e. The van der Waals surface area contributed by atoms with Gasteiger partial charge in [-0.2, -0.15) is 0 Å². The van der Waals surface area contributed by atoms with E-state index in [1.165, 1.54) is 0 Å². The molecule has 3 heterocycles. The van der Waals surface area contributed by atoms with Crippen LogP contribution in [-0.2, 0) is 33.2 Å². The van der Waals surface area contributed by atoms with Crippen molar-refractivity contribution in [1.29, 1.82) is 0 Å². The van der Waals surface area contributed by atoms with E-state index in [0.29, 0.717) is 19.4 Å². The lowest BCUT2D eigenvalue weighted by atomic mass is 9.32. The molecule has 14 nitrogen and oxygen atoms in total. The van der Waals surface area contributed by atoms with E-state index in [4.69, 9.17) is 28.4 Å². The van der Waals surface area contributed by atoms with Crippen molar-refractivity contribution in [1.82, 2.24) is 0 Å². The molecule has 5 aliphatic carbocycles. The topological polar surface area (TPSA) is 214 Å². The Balaban J connectivity index is 1.03. The molecule has 8 rings (SSSR count). The van der Waals surface area contributed by atoms with Gasteiger partial charge >= 0.3 is 5.97 Å². The number of carbonyl (C=O) groups excluding carboxylic acids is 1. The maximum Gasteiger partial charge on any atom is 0.303 e. The number of aliphatic hydroxyl groups is 7. The van der Waals surface area contributed by atoms with E-state index in [1.807, 2.05) is 0 Å². The Hall–Kier alpha value is -1.27. The summed E-state index contributed by atoms with van der Waals surface area (Å²) in [5.41, 5.74) is -1.98. The monoisotopic (exact) mass is 822 g/mol. The number of aliphatic hydroxyl groups excluding tert-OH is 7. The van der Waals surface area contributed by atoms with Crippen LogP contribution >= 0.6 is 0 Å². The van der Waals surface area contributed by atoms with Gasteiger partial charge in [-0.25, -0.2) is 0 Å². The number of hydrogen-bond acceptors (Lipinski definition) is 14. The SMILES string of the molecule is CC(=O)O[C@H]1[C@H](O)[C@@H](O)[C@H](O[C@H]2[C@@H](O)[C@@H](C)O[C@@H](O[C@H]3CC[C@@]4(C)[C@@H](CC[C@]5(C)[C@@H]4C=C[C@]46OC[C@@]7(CCC(C)(C)C[C@H]74)[C@H](O)C[C@]65C)[C@]3(C)CO)[C@@H]2O)O[C@@H]1CO. The second-order valence-corrected chi connectivity index (χ2v) is 21.5. The van der Waals surface area contributed by atoms with Gasteiger partial charge in [0.05, 0.1) is 43.7 Å². The van der Waals surface area contributed by atoms with Crippen molar-refractivity contribution in [2.24, 2.45) is 50.2 Å². The predicted octanol–water partition coefficient (Wildman–Crippen LogP) is 2.35. The van der Waals surface area contributed by atoms with Crippen molar-refractivity contribution >= 4 is 5.97 Å². The van der Waals surface area contributed by atoms with Gasteiger partial charge in [0.2, 0.25) is 0 Å². The molecule has 0 unspecified atom stereocenters. The van der Waals surface area contributed by atoms with Crippen molar-refractivity contribution < 1.29 is 69.0 Å². The molecule has 58 heavy (non-hydrogen) atoms. The van der Waals surface area contributed by atoms with E-state index in [-0.39, 0.29) is 51.4 Å². The fraction of sp³-hybridized carbons (Fsp3) is 0.932. The number of esters is 1. The van der Waals surface area contributed by atoms with Crippen LogP contribution in [0.15, 0.2) is 12.2 Å². The van der Waals surface area contributed by atoms with Crippen LogP contribution in [0.2, 0.25) is 0 Å². The maximum absolute atomic E-state index is 12.2. The fourth-order valence-corrected chi connectivity index (χ4v) is 14.6. The van der Waals surface area contributed by atoms with E-state index in [2.05, 4.69) is 53.7 Å². The molecule has 0 amide bonds. The van der Waals surface area contributed by atoms with Gasteiger partial charge in [0.15, 0.2) is 18.7 Å². The van der Waals surface area contributed by atoms with Gasteiger partial charge < -0.3 is 64.2 Å². The molecule has 14 heteroatoms. The number of fused-ring (bicyclic) bond motifs is 4. The van der Waals surface area contributed by atoms with Crippen LogP contribution in [0, 0.1) is 50.2 Å². The van der Waals surface area contributed by atoms with Crippen LogP contribution in [0.3, 0.4) is 0 Å². The molecule has 3 saturated heterocycles. The first-order valence-electron chi connectivity index (χ1n) is 21.8. The van der Waals surface area contributed by atoms with Gasteiger partial charge in [0.25, 0.3) is 0 Å². The first kappa shape index (κ1) is 43.4. The zero-order valence-electron chi connectivity index (χ0n) is 35.6. The Morgan fingerprint density at radius 1 is 0.793 bits per heavy atom. The van der Waals surface area contributed by atoms with Crippen LogP contribution in [-0.4, -0.2) is 141 Å². The smallest absolute Gasteiger partial charge is 0.303 e. The van der Waals surface area contributed by atoms with Crippen LogP contribution in [0.5, 0.6) is 0 Å². The molecule has 21 atom stereocenters.